The molecular formula is C16H22N4O2. The van der Waals surface area contributed by atoms with E-state index in [0.717, 1.165) is 11.3 Å². The van der Waals surface area contributed by atoms with Crippen molar-refractivity contribution in [3.8, 4) is 5.75 Å². The number of ether oxygens (including phenoxy) is 1. The van der Waals surface area contributed by atoms with Crippen molar-refractivity contribution in [3.05, 3.63) is 47.3 Å². The monoisotopic (exact) mass is 302 g/mol. The van der Waals surface area contributed by atoms with Gasteiger partial charge in [0.1, 0.15) is 5.75 Å². The van der Waals surface area contributed by atoms with Gasteiger partial charge < -0.3 is 4.74 Å². The number of amides is 1. The molecule has 6 nitrogen and oxygen atoms in total. The molecule has 6 heteroatoms. The number of nitrogen functional groups attached to an aromatic ring is 1. The van der Waals surface area contributed by atoms with Crippen molar-refractivity contribution < 1.29 is 9.53 Å². The molecule has 0 fully saturated rings. The highest BCUT2D eigenvalue weighted by Gasteiger charge is 2.15. The largest absolute Gasteiger partial charge is 0.471 e. The number of hydrazine groups is 1. The van der Waals surface area contributed by atoms with Gasteiger partial charge in [0.25, 0.3) is 5.91 Å². The average molecular weight is 302 g/mol. The fourth-order valence-corrected chi connectivity index (χ4v) is 2.04. The van der Waals surface area contributed by atoms with Crippen molar-refractivity contribution in [3.63, 3.8) is 0 Å². The number of carbonyl (C=O) groups excluding carboxylic acids is 1. The Labute approximate surface area is 130 Å². The van der Waals surface area contributed by atoms with E-state index in [-0.39, 0.29) is 17.8 Å². The van der Waals surface area contributed by atoms with Gasteiger partial charge in [0.2, 0.25) is 0 Å². The lowest BCUT2D eigenvalue weighted by atomic mass is 9.86. The quantitative estimate of drug-likeness (QED) is 0.515. The summed E-state index contributed by atoms with van der Waals surface area (Å²) in [5.74, 6) is 5.44. The van der Waals surface area contributed by atoms with Crippen LogP contribution in [0.25, 0.3) is 0 Å². The molecule has 3 N–H and O–H groups in total. The molecule has 0 saturated carbocycles. The number of hydrogen-bond acceptors (Lipinski definition) is 4. The number of nitrogens with zero attached hydrogens (tertiary/aromatic N) is 2. The zero-order valence-corrected chi connectivity index (χ0v) is 13.4. The molecule has 0 atom stereocenters. The molecule has 0 bridgehead atoms. The lowest BCUT2D eigenvalue weighted by Gasteiger charge is -2.20. The van der Waals surface area contributed by atoms with Gasteiger partial charge in [0.15, 0.2) is 12.4 Å². The number of aryl methyl sites for hydroxylation is 1. The fourth-order valence-electron chi connectivity index (χ4n) is 2.04. The fraction of sp³-hybridized carbons (Fsp3) is 0.375. The van der Waals surface area contributed by atoms with Crippen LogP contribution in [0.1, 0.15) is 42.4 Å². The first-order chi connectivity index (χ1) is 10.3. The zero-order valence-electron chi connectivity index (χ0n) is 13.4. The minimum absolute atomic E-state index is 0.107. The first-order valence-electron chi connectivity index (χ1n) is 7.09. The normalized spacial score (nSPS) is 11.3. The number of hydrogen-bond donors (Lipinski definition) is 2. The molecule has 2 aromatic rings. The molecule has 0 aliphatic rings. The maximum atomic E-state index is 11.3. The molecule has 1 heterocycles. The number of benzene rings is 1. The smallest absolute Gasteiger partial charge is 0.285 e. The summed E-state index contributed by atoms with van der Waals surface area (Å²) in [4.78, 5) is 11.3. The Bertz CT molecular complexity index is 671. The molecule has 0 aliphatic heterocycles. The Morgan fingerprint density at radius 3 is 2.68 bits per heavy atom. The Hall–Kier alpha value is -2.34. The molecule has 0 spiro atoms. The van der Waals surface area contributed by atoms with Gasteiger partial charge in [-0.25, -0.2) is 10.5 Å². The third-order valence-electron chi connectivity index (χ3n) is 3.40. The zero-order chi connectivity index (χ0) is 16.3. The van der Waals surface area contributed by atoms with Gasteiger partial charge in [-0.05, 0) is 35.6 Å². The second-order valence-electron chi connectivity index (χ2n) is 6.22. The summed E-state index contributed by atoms with van der Waals surface area (Å²) in [5, 5.41) is 4.08. The molecule has 2 rings (SSSR count). The minimum atomic E-state index is -0.426. The number of carbonyl (C=O) groups is 1. The number of rotatable bonds is 4. The van der Waals surface area contributed by atoms with Crippen molar-refractivity contribution in [2.45, 2.75) is 39.8 Å². The third-order valence-corrected chi connectivity index (χ3v) is 3.40. The van der Waals surface area contributed by atoms with E-state index >= 15 is 0 Å². The van der Waals surface area contributed by atoms with E-state index in [1.807, 2.05) is 18.4 Å². The highest BCUT2D eigenvalue weighted by Crippen LogP contribution is 2.27. The van der Waals surface area contributed by atoms with Crippen LogP contribution in [0, 0.1) is 6.92 Å². The molecule has 0 aliphatic carbocycles. The highest BCUT2D eigenvalue weighted by atomic mass is 16.5. The second-order valence-corrected chi connectivity index (χ2v) is 6.22. The van der Waals surface area contributed by atoms with E-state index in [1.54, 1.807) is 16.9 Å². The standard InChI is InChI=1S/C16H22N4O2/c1-11-9-12(16(2,3)4)5-6-14(11)22-10-20-8-7-13(19-20)15(21)18-17/h5-9H,10,17H2,1-4H3,(H,18,21). The van der Waals surface area contributed by atoms with Crippen LogP contribution in [0.5, 0.6) is 5.75 Å². The van der Waals surface area contributed by atoms with E-state index < -0.39 is 5.91 Å². The maximum absolute atomic E-state index is 11.3. The van der Waals surface area contributed by atoms with Crippen molar-refractivity contribution in [1.82, 2.24) is 15.2 Å². The minimum Gasteiger partial charge on any atom is -0.471 e. The van der Waals surface area contributed by atoms with Crippen LogP contribution in [0.2, 0.25) is 0 Å². The van der Waals surface area contributed by atoms with Crippen molar-refractivity contribution in [2.75, 3.05) is 0 Å². The van der Waals surface area contributed by atoms with E-state index in [1.165, 1.54) is 5.56 Å². The lowest BCUT2D eigenvalue weighted by Crippen LogP contribution is -2.30. The predicted molar refractivity (Wildman–Crippen MR) is 84.4 cm³/mol. The van der Waals surface area contributed by atoms with E-state index in [2.05, 4.69) is 38.0 Å². The van der Waals surface area contributed by atoms with Gasteiger partial charge >= 0.3 is 0 Å². The number of aromatic nitrogens is 2. The summed E-state index contributed by atoms with van der Waals surface area (Å²) in [7, 11) is 0. The highest BCUT2D eigenvalue weighted by molar-refractivity contribution is 5.91. The summed E-state index contributed by atoms with van der Waals surface area (Å²) in [6, 6.07) is 7.75. The Morgan fingerprint density at radius 2 is 2.09 bits per heavy atom. The molecule has 118 valence electrons. The van der Waals surface area contributed by atoms with Gasteiger partial charge in [0, 0.05) is 6.20 Å². The first-order valence-corrected chi connectivity index (χ1v) is 7.09. The van der Waals surface area contributed by atoms with Crippen LogP contribution in [-0.2, 0) is 12.1 Å². The molecule has 1 aromatic heterocycles. The maximum Gasteiger partial charge on any atom is 0.285 e. The van der Waals surface area contributed by atoms with E-state index in [0.29, 0.717) is 0 Å². The molecule has 1 amide bonds. The number of nitrogens with one attached hydrogen (secondary N) is 1. The Morgan fingerprint density at radius 1 is 1.36 bits per heavy atom. The average Bonchev–Trinajstić information content (AvgIpc) is 2.93. The SMILES string of the molecule is Cc1cc(C(C)(C)C)ccc1OCn1ccc(C(=O)NN)n1. The van der Waals surface area contributed by atoms with Crippen LogP contribution in [-0.4, -0.2) is 15.7 Å². The molecule has 22 heavy (non-hydrogen) atoms. The van der Waals surface area contributed by atoms with E-state index in [9.17, 15) is 4.79 Å². The molecular weight excluding hydrogens is 280 g/mol. The van der Waals surface area contributed by atoms with Crippen molar-refractivity contribution in [1.29, 1.82) is 0 Å². The molecule has 0 unspecified atom stereocenters. The van der Waals surface area contributed by atoms with Gasteiger partial charge in [-0.2, -0.15) is 5.10 Å². The summed E-state index contributed by atoms with van der Waals surface area (Å²) >= 11 is 0. The van der Waals surface area contributed by atoms with Gasteiger partial charge in [-0.1, -0.05) is 32.9 Å². The van der Waals surface area contributed by atoms with Gasteiger partial charge in [0.05, 0.1) is 0 Å². The Kier molecular flexibility index (Phi) is 4.51. The summed E-state index contributed by atoms with van der Waals surface area (Å²) in [5.41, 5.74) is 4.74. The molecule has 0 saturated heterocycles. The van der Waals surface area contributed by atoms with Crippen molar-refractivity contribution >= 4 is 5.91 Å². The van der Waals surface area contributed by atoms with Crippen LogP contribution in [0.3, 0.4) is 0 Å². The van der Waals surface area contributed by atoms with Gasteiger partial charge in [-0.15, -0.1) is 0 Å². The molecule has 0 radical (unpaired) electrons. The predicted octanol–water partition coefficient (Wildman–Crippen LogP) is 2.13. The van der Waals surface area contributed by atoms with Gasteiger partial charge in [-0.3, -0.25) is 10.2 Å². The Balaban J connectivity index is 2.06. The van der Waals surface area contributed by atoms with Crippen LogP contribution < -0.4 is 16.0 Å². The summed E-state index contributed by atoms with van der Waals surface area (Å²) < 4.78 is 7.30. The van der Waals surface area contributed by atoms with Crippen LogP contribution in [0.4, 0.5) is 0 Å². The number of nitrogens with two attached hydrogens (primary N) is 1. The van der Waals surface area contributed by atoms with E-state index in [4.69, 9.17) is 10.6 Å². The topological polar surface area (TPSA) is 82.2 Å². The summed E-state index contributed by atoms with van der Waals surface area (Å²) in [6.45, 7) is 8.77. The second kappa shape index (κ2) is 6.19. The summed E-state index contributed by atoms with van der Waals surface area (Å²) in [6.07, 6.45) is 1.67. The first kappa shape index (κ1) is 16.0. The van der Waals surface area contributed by atoms with Crippen LogP contribution >= 0.6 is 0 Å². The van der Waals surface area contributed by atoms with Crippen LogP contribution in [0.15, 0.2) is 30.5 Å². The lowest BCUT2D eigenvalue weighted by molar-refractivity contribution is 0.0946. The van der Waals surface area contributed by atoms with Crippen molar-refractivity contribution in [2.24, 2.45) is 5.84 Å². The third kappa shape index (κ3) is 3.65. The molecule has 1 aromatic carbocycles.